The zero-order valence-corrected chi connectivity index (χ0v) is 18.1. The van der Waals surface area contributed by atoms with Crippen LogP contribution < -0.4 is 4.90 Å². The molecule has 0 spiro atoms. The van der Waals surface area contributed by atoms with E-state index in [4.69, 9.17) is 4.42 Å². The Labute approximate surface area is 168 Å². The molecule has 1 aliphatic rings. The summed E-state index contributed by atoms with van der Waals surface area (Å²) in [5.41, 5.74) is 4.72. The molecule has 2 aromatic rings. The van der Waals surface area contributed by atoms with E-state index in [1.807, 2.05) is 11.8 Å². The van der Waals surface area contributed by atoms with Crippen molar-refractivity contribution in [1.29, 1.82) is 0 Å². The molecule has 1 aliphatic heterocycles. The molecule has 0 atom stereocenters. The summed E-state index contributed by atoms with van der Waals surface area (Å²) < 4.78 is 5.93. The first-order valence-corrected chi connectivity index (χ1v) is 10.2. The van der Waals surface area contributed by atoms with Crippen LogP contribution in [0.4, 0.5) is 5.69 Å². The smallest absolute Gasteiger partial charge is 0.223 e. The van der Waals surface area contributed by atoms with Gasteiger partial charge in [0, 0.05) is 50.1 Å². The fourth-order valence-electron chi connectivity index (χ4n) is 3.63. The van der Waals surface area contributed by atoms with Crippen molar-refractivity contribution in [1.82, 2.24) is 9.88 Å². The number of hydrogen-bond acceptors (Lipinski definition) is 4. The number of nitrogens with zero attached hydrogens (tertiary/aromatic N) is 3. The minimum absolute atomic E-state index is 0.114. The predicted molar refractivity (Wildman–Crippen MR) is 113 cm³/mol. The largest absolute Gasteiger partial charge is 0.445 e. The van der Waals surface area contributed by atoms with E-state index in [1.54, 1.807) is 0 Å². The third kappa shape index (κ3) is 4.40. The van der Waals surface area contributed by atoms with Crippen LogP contribution in [0.2, 0.25) is 0 Å². The number of amides is 1. The lowest BCUT2D eigenvalue weighted by molar-refractivity contribution is -0.131. The second-order valence-electron chi connectivity index (χ2n) is 8.86. The molecule has 1 aromatic heterocycles. The van der Waals surface area contributed by atoms with Crippen LogP contribution in [0.1, 0.15) is 55.7 Å². The zero-order valence-electron chi connectivity index (χ0n) is 18.1. The lowest BCUT2D eigenvalue weighted by Gasteiger charge is -2.37. The second-order valence-corrected chi connectivity index (χ2v) is 8.86. The average Bonchev–Trinajstić information content (AvgIpc) is 3.03. The van der Waals surface area contributed by atoms with E-state index in [-0.39, 0.29) is 11.3 Å². The van der Waals surface area contributed by atoms with Crippen molar-refractivity contribution in [2.45, 2.75) is 59.8 Å². The highest BCUT2D eigenvalue weighted by Crippen LogP contribution is 2.26. The van der Waals surface area contributed by atoms with Crippen molar-refractivity contribution in [2.75, 3.05) is 31.1 Å². The summed E-state index contributed by atoms with van der Waals surface area (Å²) >= 11 is 0. The van der Waals surface area contributed by atoms with E-state index in [2.05, 4.69) is 62.7 Å². The van der Waals surface area contributed by atoms with Gasteiger partial charge in [0.25, 0.3) is 0 Å². The monoisotopic (exact) mass is 383 g/mol. The van der Waals surface area contributed by atoms with Crippen LogP contribution >= 0.6 is 0 Å². The van der Waals surface area contributed by atoms with Crippen molar-refractivity contribution in [2.24, 2.45) is 0 Å². The van der Waals surface area contributed by atoms with Gasteiger partial charge in [0.2, 0.25) is 5.91 Å². The Balaban J connectivity index is 1.55. The molecule has 2 heterocycles. The maximum absolute atomic E-state index is 12.7. The molecule has 5 nitrogen and oxygen atoms in total. The summed E-state index contributed by atoms with van der Waals surface area (Å²) in [6, 6.07) is 6.44. The normalized spacial score (nSPS) is 15.2. The van der Waals surface area contributed by atoms with Crippen molar-refractivity contribution in [3.05, 3.63) is 46.7 Å². The maximum Gasteiger partial charge on any atom is 0.223 e. The molecule has 1 saturated heterocycles. The first kappa shape index (κ1) is 20.4. The molecule has 3 rings (SSSR count). The Hall–Kier alpha value is -2.30. The van der Waals surface area contributed by atoms with Gasteiger partial charge in [-0.05, 0) is 38.0 Å². The van der Waals surface area contributed by atoms with Gasteiger partial charge in [-0.2, -0.15) is 0 Å². The Bertz CT molecular complexity index is 840. The molecule has 28 heavy (non-hydrogen) atoms. The molecular weight excluding hydrogens is 350 g/mol. The minimum Gasteiger partial charge on any atom is -0.445 e. The molecule has 1 fully saturated rings. The van der Waals surface area contributed by atoms with E-state index in [0.29, 0.717) is 12.8 Å². The van der Waals surface area contributed by atoms with E-state index >= 15 is 0 Å². The summed E-state index contributed by atoms with van der Waals surface area (Å²) in [6.07, 6.45) is 1.09. The quantitative estimate of drug-likeness (QED) is 0.795. The molecule has 1 aromatic carbocycles. The average molecular weight is 384 g/mol. The zero-order chi connectivity index (χ0) is 20.5. The topological polar surface area (TPSA) is 49.6 Å². The van der Waals surface area contributed by atoms with Gasteiger partial charge < -0.3 is 14.2 Å². The van der Waals surface area contributed by atoms with Crippen molar-refractivity contribution in [3.8, 4) is 0 Å². The number of benzene rings is 1. The summed E-state index contributed by atoms with van der Waals surface area (Å²) in [7, 11) is 0. The van der Waals surface area contributed by atoms with E-state index in [9.17, 15) is 4.79 Å². The van der Waals surface area contributed by atoms with Gasteiger partial charge in [-0.15, -0.1) is 0 Å². The highest BCUT2D eigenvalue weighted by Gasteiger charge is 2.25. The summed E-state index contributed by atoms with van der Waals surface area (Å²) in [4.78, 5) is 21.6. The summed E-state index contributed by atoms with van der Waals surface area (Å²) in [5.74, 6) is 1.79. The Kier molecular flexibility index (Phi) is 5.82. The Morgan fingerprint density at radius 2 is 1.79 bits per heavy atom. The number of piperazine rings is 1. The lowest BCUT2D eigenvalue weighted by Crippen LogP contribution is -2.49. The van der Waals surface area contributed by atoms with Crippen molar-refractivity contribution >= 4 is 11.6 Å². The van der Waals surface area contributed by atoms with Crippen LogP contribution in [-0.2, 0) is 16.6 Å². The molecule has 5 heteroatoms. The van der Waals surface area contributed by atoms with Crippen LogP contribution in [0.25, 0.3) is 0 Å². The van der Waals surface area contributed by atoms with E-state index < -0.39 is 0 Å². The number of carbonyl (C=O) groups is 1. The van der Waals surface area contributed by atoms with Crippen LogP contribution in [0.5, 0.6) is 0 Å². The molecule has 0 radical (unpaired) electrons. The lowest BCUT2D eigenvalue weighted by atomic mass is 9.97. The number of rotatable bonds is 4. The summed E-state index contributed by atoms with van der Waals surface area (Å²) in [5, 5.41) is 0. The SMILES string of the molecule is Cc1cccc(N2CCN(C(=O)CCc3oc(C(C)(C)C)nc3C)CC2)c1C. The third-order valence-electron chi connectivity index (χ3n) is 5.65. The number of oxazole rings is 1. The fourth-order valence-corrected chi connectivity index (χ4v) is 3.63. The summed E-state index contributed by atoms with van der Waals surface area (Å²) in [6.45, 7) is 15.8. The van der Waals surface area contributed by atoms with E-state index in [0.717, 1.165) is 43.5 Å². The van der Waals surface area contributed by atoms with Gasteiger partial charge in [-0.3, -0.25) is 4.79 Å². The first-order valence-electron chi connectivity index (χ1n) is 10.2. The van der Waals surface area contributed by atoms with Crippen LogP contribution in [-0.4, -0.2) is 42.0 Å². The predicted octanol–water partition coefficient (Wildman–Crippen LogP) is 4.18. The maximum atomic E-state index is 12.7. The van der Waals surface area contributed by atoms with Gasteiger partial charge in [-0.25, -0.2) is 4.98 Å². The molecule has 0 saturated carbocycles. The van der Waals surface area contributed by atoms with Gasteiger partial charge in [0.05, 0.1) is 5.69 Å². The number of aryl methyl sites for hydroxylation is 3. The Morgan fingerprint density at radius 1 is 1.11 bits per heavy atom. The molecule has 1 amide bonds. The number of anilines is 1. The molecule has 152 valence electrons. The molecule has 0 aliphatic carbocycles. The van der Waals surface area contributed by atoms with Crippen LogP contribution in [0.15, 0.2) is 22.6 Å². The first-order chi connectivity index (χ1) is 13.2. The molecular formula is C23H33N3O2. The molecule has 0 unspecified atom stereocenters. The van der Waals surface area contributed by atoms with Gasteiger partial charge in [0.1, 0.15) is 5.76 Å². The Morgan fingerprint density at radius 3 is 2.39 bits per heavy atom. The van der Waals surface area contributed by atoms with Gasteiger partial charge in [0.15, 0.2) is 5.89 Å². The van der Waals surface area contributed by atoms with Crippen LogP contribution in [0.3, 0.4) is 0 Å². The van der Waals surface area contributed by atoms with Crippen molar-refractivity contribution < 1.29 is 9.21 Å². The minimum atomic E-state index is -0.114. The molecule has 0 N–H and O–H groups in total. The molecule has 0 bridgehead atoms. The van der Waals surface area contributed by atoms with Crippen LogP contribution in [0, 0.1) is 20.8 Å². The highest BCUT2D eigenvalue weighted by atomic mass is 16.4. The van der Waals surface area contributed by atoms with Crippen molar-refractivity contribution in [3.63, 3.8) is 0 Å². The van der Waals surface area contributed by atoms with E-state index in [1.165, 1.54) is 16.8 Å². The van der Waals surface area contributed by atoms with Gasteiger partial charge >= 0.3 is 0 Å². The van der Waals surface area contributed by atoms with Gasteiger partial charge in [-0.1, -0.05) is 32.9 Å². The standard InChI is InChI=1S/C23H33N3O2/c1-16-8-7-9-19(17(16)2)25-12-14-26(15-13-25)21(27)11-10-20-18(3)24-22(28-20)23(4,5)6/h7-9H,10-15H2,1-6H3. The highest BCUT2D eigenvalue weighted by molar-refractivity contribution is 5.76. The second kappa shape index (κ2) is 7.98. The fraction of sp³-hybridized carbons (Fsp3) is 0.565. The number of aromatic nitrogens is 1. The number of carbonyl (C=O) groups excluding carboxylic acids is 1. The third-order valence-corrected chi connectivity index (χ3v) is 5.65. The number of hydrogen-bond donors (Lipinski definition) is 0.